The summed E-state index contributed by atoms with van der Waals surface area (Å²) in [5, 5.41) is 4.76. The van der Waals surface area contributed by atoms with E-state index in [-0.39, 0.29) is 5.82 Å². The molecule has 0 saturated carbocycles. The van der Waals surface area contributed by atoms with Gasteiger partial charge in [-0.25, -0.2) is 4.39 Å². The van der Waals surface area contributed by atoms with Crippen LogP contribution in [0.4, 0.5) is 10.1 Å². The van der Waals surface area contributed by atoms with Crippen LogP contribution in [0.1, 0.15) is 90.4 Å². The van der Waals surface area contributed by atoms with E-state index in [1.807, 2.05) is 19.2 Å². The van der Waals surface area contributed by atoms with E-state index in [1.54, 1.807) is 18.2 Å². The summed E-state index contributed by atoms with van der Waals surface area (Å²) in [7, 11) is 0. The quantitative estimate of drug-likeness (QED) is 0.100. The van der Waals surface area contributed by atoms with Crippen LogP contribution in [0.2, 0.25) is 0 Å². The minimum atomic E-state index is -0.282. The Hall–Kier alpha value is -2.74. The van der Waals surface area contributed by atoms with Gasteiger partial charge in [-0.15, -0.1) is 0 Å². The van der Waals surface area contributed by atoms with Gasteiger partial charge in [0.25, 0.3) is 0 Å². The Morgan fingerprint density at radius 2 is 1.30 bits per heavy atom. The van der Waals surface area contributed by atoms with Gasteiger partial charge in [0, 0.05) is 50.2 Å². The van der Waals surface area contributed by atoms with Gasteiger partial charge < -0.3 is 25.3 Å². The molecule has 43 heavy (non-hydrogen) atoms. The highest BCUT2D eigenvalue weighted by molar-refractivity contribution is 5.90. The second-order valence-electron chi connectivity index (χ2n) is 10.8. The highest BCUT2D eigenvalue weighted by Gasteiger charge is 2.01. The molecule has 3 rings (SSSR count). The number of aromatic nitrogens is 1. The van der Waals surface area contributed by atoms with E-state index in [2.05, 4.69) is 34.6 Å². The molecule has 0 atom stereocenters. The number of nitrogens with one attached hydrogen (secondary N) is 1. The number of nitrogens with zero attached hydrogens (tertiary/aromatic N) is 1. The van der Waals surface area contributed by atoms with Crippen LogP contribution in [0.5, 0.6) is 5.75 Å². The number of hydrogen-bond acceptors (Lipinski definition) is 6. The van der Waals surface area contributed by atoms with E-state index in [1.165, 1.54) is 74.9 Å². The molecule has 7 heteroatoms. The molecule has 0 aliphatic heterocycles. The van der Waals surface area contributed by atoms with E-state index < -0.39 is 0 Å². The van der Waals surface area contributed by atoms with Crippen LogP contribution in [0.25, 0.3) is 10.9 Å². The molecule has 1 aromatic heterocycles. The van der Waals surface area contributed by atoms with Crippen molar-refractivity contribution >= 4 is 16.6 Å². The van der Waals surface area contributed by atoms with Gasteiger partial charge in [-0.1, -0.05) is 81.7 Å². The van der Waals surface area contributed by atoms with Gasteiger partial charge in [-0.3, -0.25) is 4.98 Å². The SMILES string of the molecule is CCOCCCOCCCCCCCCNc1ccnc2ccccc12.NCCCCCCCCOc1ccccc1F. The molecule has 6 nitrogen and oxygen atoms in total. The molecule has 0 unspecified atom stereocenters. The number of para-hydroxylation sites is 2. The molecule has 0 saturated heterocycles. The minimum Gasteiger partial charge on any atom is -0.491 e. The van der Waals surface area contributed by atoms with Crippen LogP contribution in [-0.2, 0) is 9.47 Å². The van der Waals surface area contributed by atoms with Crippen molar-refractivity contribution in [1.82, 2.24) is 4.98 Å². The zero-order valence-corrected chi connectivity index (χ0v) is 26.5. The van der Waals surface area contributed by atoms with Crippen LogP contribution >= 0.6 is 0 Å². The third-order valence-corrected chi connectivity index (χ3v) is 7.15. The van der Waals surface area contributed by atoms with Crippen molar-refractivity contribution in [2.24, 2.45) is 5.73 Å². The summed E-state index contributed by atoms with van der Waals surface area (Å²) in [4.78, 5) is 4.40. The maximum Gasteiger partial charge on any atom is 0.165 e. The Labute approximate surface area is 259 Å². The fourth-order valence-corrected chi connectivity index (χ4v) is 4.72. The van der Waals surface area contributed by atoms with E-state index in [0.29, 0.717) is 12.4 Å². The lowest BCUT2D eigenvalue weighted by Gasteiger charge is -2.09. The van der Waals surface area contributed by atoms with E-state index in [0.717, 1.165) is 70.7 Å². The monoisotopic (exact) mass is 597 g/mol. The number of pyridine rings is 1. The van der Waals surface area contributed by atoms with Gasteiger partial charge in [0.15, 0.2) is 11.6 Å². The Bertz CT molecular complexity index is 1060. The van der Waals surface area contributed by atoms with Crippen molar-refractivity contribution < 1.29 is 18.6 Å². The van der Waals surface area contributed by atoms with Crippen molar-refractivity contribution in [1.29, 1.82) is 0 Å². The fourth-order valence-electron chi connectivity index (χ4n) is 4.72. The third kappa shape index (κ3) is 17.8. The summed E-state index contributed by atoms with van der Waals surface area (Å²) in [5.74, 6) is 0.0751. The van der Waals surface area contributed by atoms with Crippen molar-refractivity contribution in [3.05, 3.63) is 66.6 Å². The van der Waals surface area contributed by atoms with Crippen molar-refractivity contribution in [2.45, 2.75) is 90.4 Å². The first-order valence-electron chi connectivity index (χ1n) is 16.6. The smallest absolute Gasteiger partial charge is 0.165 e. The van der Waals surface area contributed by atoms with Crippen molar-refractivity contribution in [3.63, 3.8) is 0 Å². The van der Waals surface area contributed by atoms with Gasteiger partial charge in [0.2, 0.25) is 0 Å². The standard InChI is InChI=1S/C22H34N2O2.C14H22FNO/c1-2-25-18-11-19-26-17-10-6-4-3-5-9-15-23-22-14-16-24-21-13-8-7-12-20(21)22;15-13-9-5-6-10-14(13)17-12-8-4-2-1-3-7-11-16/h7-8,12-14,16H,2-6,9-11,15,17-19H2,1H3,(H,23,24);5-6,9-10H,1-4,7-8,11-12,16H2. The molecule has 0 aliphatic rings. The lowest BCUT2D eigenvalue weighted by molar-refractivity contribution is 0.0860. The number of unbranched alkanes of at least 4 members (excludes halogenated alkanes) is 10. The molecular formula is C36H56FN3O3. The molecule has 1 heterocycles. The molecule has 240 valence electrons. The summed E-state index contributed by atoms with van der Waals surface area (Å²) in [6, 6.07) is 16.9. The van der Waals surface area contributed by atoms with Gasteiger partial charge >= 0.3 is 0 Å². The van der Waals surface area contributed by atoms with Crippen molar-refractivity contribution in [2.75, 3.05) is 51.4 Å². The second-order valence-corrected chi connectivity index (χ2v) is 10.8. The van der Waals surface area contributed by atoms with Gasteiger partial charge in [0.1, 0.15) is 0 Å². The summed E-state index contributed by atoms with van der Waals surface area (Å²) < 4.78 is 29.4. The first kappa shape index (κ1) is 36.5. The summed E-state index contributed by atoms with van der Waals surface area (Å²) in [6.45, 7) is 7.77. The normalized spacial score (nSPS) is 10.9. The number of nitrogens with two attached hydrogens (primary N) is 1. The molecule has 0 fully saturated rings. The number of fused-ring (bicyclic) bond motifs is 1. The van der Waals surface area contributed by atoms with Crippen molar-refractivity contribution in [3.8, 4) is 5.75 Å². The first-order chi connectivity index (χ1) is 21.3. The molecule has 0 spiro atoms. The Kier molecular flexibility index (Phi) is 21.8. The van der Waals surface area contributed by atoms with Gasteiger partial charge in [-0.2, -0.15) is 0 Å². The average Bonchev–Trinajstić information content (AvgIpc) is 3.03. The van der Waals surface area contributed by atoms with Crippen LogP contribution in [0.15, 0.2) is 60.8 Å². The molecule has 0 radical (unpaired) electrons. The molecule has 0 amide bonds. The maximum absolute atomic E-state index is 13.2. The maximum atomic E-state index is 13.2. The predicted octanol–water partition coefficient (Wildman–Crippen LogP) is 8.93. The summed E-state index contributed by atoms with van der Waals surface area (Å²) >= 11 is 0. The Morgan fingerprint density at radius 1 is 0.674 bits per heavy atom. The summed E-state index contributed by atoms with van der Waals surface area (Å²) in [6.07, 6.45) is 17.3. The molecule has 0 aliphatic carbocycles. The Balaban J connectivity index is 0.000000329. The van der Waals surface area contributed by atoms with Crippen LogP contribution in [-0.4, -0.2) is 51.1 Å². The first-order valence-corrected chi connectivity index (χ1v) is 16.6. The predicted molar refractivity (Wildman–Crippen MR) is 179 cm³/mol. The third-order valence-electron chi connectivity index (χ3n) is 7.15. The average molecular weight is 598 g/mol. The van der Waals surface area contributed by atoms with Gasteiger partial charge in [0.05, 0.1) is 12.1 Å². The lowest BCUT2D eigenvalue weighted by atomic mass is 10.1. The van der Waals surface area contributed by atoms with Crippen LogP contribution in [0, 0.1) is 5.82 Å². The fraction of sp³-hybridized carbons (Fsp3) is 0.583. The molecule has 0 bridgehead atoms. The van der Waals surface area contributed by atoms with Gasteiger partial charge in [-0.05, 0) is 69.8 Å². The highest BCUT2D eigenvalue weighted by atomic mass is 19.1. The van der Waals surface area contributed by atoms with E-state index in [9.17, 15) is 4.39 Å². The molecule has 3 aromatic rings. The number of benzene rings is 2. The topological polar surface area (TPSA) is 78.6 Å². The van der Waals surface area contributed by atoms with Crippen LogP contribution in [0.3, 0.4) is 0 Å². The minimum absolute atomic E-state index is 0.282. The number of ether oxygens (including phenoxy) is 3. The largest absolute Gasteiger partial charge is 0.491 e. The number of rotatable bonds is 24. The highest BCUT2D eigenvalue weighted by Crippen LogP contribution is 2.21. The zero-order chi connectivity index (χ0) is 30.6. The molecule has 3 N–H and O–H groups in total. The second kappa shape index (κ2) is 25.7. The summed E-state index contributed by atoms with van der Waals surface area (Å²) in [5.41, 5.74) is 7.66. The zero-order valence-electron chi connectivity index (χ0n) is 26.5. The number of hydrogen-bond donors (Lipinski definition) is 2. The number of halogens is 1. The van der Waals surface area contributed by atoms with E-state index in [4.69, 9.17) is 19.9 Å². The Morgan fingerprint density at radius 3 is 2.07 bits per heavy atom. The van der Waals surface area contributed by atoms with Crippen LogP contribution < -0.4 is 15.8 Å². The van der Waals surface area contributed by atoms with E-state index >= 15 is 0 Å². The molecular weight excluding hydrogens is 541 g/mol. The lowest BCUT2D eigenvalue weighted by Crippen LogP contribution is -2.02. The molecule has 2 aromatic carbocycles. The number of anilines is 1.